The van der Waals surface area contributed by atoms with E-state index in [0.29, 0.717) is 0 Å². The van der Waals surface area contributed by atoms with Gasteiger partial charge in [0, 0.05) is 17.1 Å². The van der Waals surface area contributed by atoms with Gasteiger partial charge in [-0.15, -0.1) is 0 Å². The molecular formula is C44H31N. The Balaban J connectivity index is 1.19. The normalized spacial score (nSPS) is 11.1. The molecule has 0 fully saturated rings. The van der Waals surface area contributed by atoms with Gasteiger partial charge in [-0.1, -0.05) is 146 Å². The van der Waals surface area contributed by atoms with Crippen molar-refractivity contribution in [3.63, 3.8) is 0 Å². The van der Waals surface area contributed by atoms with E-state index in [1.807, 2.05) is 0 Å². The highest BCUT2D eigenvalue weighted by molar-refractivity contribution is 6.13. The highest BCUT2D eigenvalue weighted by Gasteiger charge is 2.15. The standard InChI is InChI=1S/C44H31N/c1-3-12-32(13-4-1)33-22-24-34(25-23-33)35-26-28-39(29-27-35)45(38-16-5-2-6-17-38)40-18-11-15-36(30-40)44-31-37-14-7-8-19-41(37)42-20-9-10-21-43(42)44/h1-31H. The molecule has 0 saturated carbocycles. The van der Waals surface area contributed by atoms with Crippen molar-refractivity contribution in [1.82, 2.24) is 0 Å². The van der Waals surface area contributed by atoms with Crippen molar-refractivity contribution in [1.29, 1.82) is 0 Å². The summed E-state index contributed by atoms with van der Waals surface area (Å²) in [4.78, 5) is 2.34. The van der Waals surface area contributed by atoms with Crippen molar-refractivity contribution >= 4 is 38.6 Å². The Bertz CT molecular complexity index is 2230. The van der Waals surface area contributed by atoms with Gasteiger partial charge in [0.05, 0.1) is 0 Å². The smallest absolute Gasteiger partial charge is 0.0467 e. The Labute approximate surface area is 264 Å². The van der Waals surface area contributed by atoms with Gasteiger partial charge in [-0.2, -0.15) is 0 Å². The molecule has 0 aliphatic carbocycles. The molecule has 8 rings (SSSR count). The van der Waals surface area contributed by atoms with Crippen molar-refractivity contribution < 1.29 is 0 Å². The summed E-state index contributed by atoms with van der Waals surface area (Å²) in [6.45, 7) is 0. The Hall–Kier alpha value is -5.92. The lowest BCUT2D eigenvalue weighted by Gasteiger charge is -2.26. The van der Waals surface area contributed by atoms with Crippen LogP contribution in [0, 0.1) is 0 Å². The summed E-state index contributed by atoms with van der Waals surface area (Å²) in [6, 6.07) is 67.6. The molecule has 0 spiro atoms. The van der Waals surface area contributed by atoms with Crippen molar-refractivity contribution in [2.24, 2.45) is 0 Å². The summed E-state index contributed by atoms with van der Waals surface area (Å²) in [5, 5.41) is 5.09. The van der Waals surface area contributed by atoms with Crippen LogP contribution in [0.5, 0.6) is 0 Å². The molecule has 0 radical (unpaired) electrons. The zero-order valence-corrected chi connectivity index (χ0v) is 24.8. The Morgan fingerprint density at radius 3 is 1.42 bits per heavy atom. The van der Waals surface area contributed by atoms with E-state index in [2.05, 4.69) is 193 Å². The van der Waals surface area contributed by atoms with Crippen LogP contribution in [0.1, 0.15) is 0 Å². The maximum absolute atomic E-state index is 2.34. The fraction of sp³-hybridized carbons (Fsp3) is 0. The lowest BCUT2D eigenvalue weighted by atomic mass is 9.93. The predicted octanol–water partition coefficient (Wildman–Crippen LogP) is 12.5. The minimum absolute atomic E-state index is 1.12. The summed E-state index contributed by atoms with van der Waals surface area (Å²) in [7, 11) is 0. The summed E-state index contributed by atoms with van der Waals surface area (Å²) < 4.78 is 0. The zero-order valence-electron chi connectivity index (χ0n) is 24.8. The van der Waals surface area contributed by atoms with Gasteiger partial charge in [0.15, 0.2) is 0 Å². The number of para-hydroxylation sites is 1. The lowest BCUT2D eigenvalue weighted by molar-refractivity contribution is 1.28. The molecule has 0 bridgehead atoms. The molecule has 8 aromatic carbocycles. The van der Waals surface area contributed by atoms with Crippen LogP contribution in [-0.2, 0) is 0 Å². The number of anilines is 3. The van der Waals surface area contributed by atoms with Gasteiger partial charge in [-0.25, -0.2) is 0 Å². The van der Waals surface area contributed by atoms with Gasteiger partial charge in [0.25, 0.3) is 0 Å². The van der Waals surface area contributed by atoms with E-state index in [1.165, 1.54) is 54.9 Å². The van der Waals surface area contributed by atoms with Crippen LogP contribution >= 0.6 is 0 Å². The minimum atomic E-state index is 1.12. The maximum Gasteiger partial charge on any atom is 0.0467 e. The summed E-state index contributed by atoms with van der Waals surface area (Å²) in [5.74, 6) is 0. The predicted molar refractivity (Wildman–Crippen MR) is 192 cm³/mol. The number of fused-ring (bicyclic) bond motifs is 3. The van der Waals surface area contributed by atoms with Gasteiger partial charge in [-0.3, -0.25) is 0 Å². The largest absolute Gasteiger partial charge is 0.310 e. The van der Waals surface area contributed by atoms with Crippen molar-refractivity contribution in [2.45, 2.75) is 0 Å². The Morgan fingerprint density at radius 1 is 0.267 bits per heavy atom. The average molecular weight is 574 g/mol. The third-order valence-electron chi connectivity index (χ3n) is 8.65. The zero-order chi connectivity index (χ0) is 30.0. The minimum Gasteiger partial charge on any atom is -0.310 e. The maximum atomic E-state index is 2.34. The number of hydrogen-bond donors (Lipinski definition) is 0. The second kappa shape index (κ2) is 11.6. The molecular weight excluding hydrogens is 542 g/mol. The van der Waals surface area contributed by atoms with E-state index in [0.717, 1.165) is 17.1 Å². The van der Waals surface area contributed by atoms with Crippen molar-refractivity contribution in [2.75, 3.05) is 4.90 Å². The monoisotopic (exact) mass is 573 g/mol. The molecule has 1 nitrogen and oxygen atoms in total. The second-order valence-electron chi connectivity index (χ2n) is 11.4. The van der Waals surface area contributed by atoms with E-state index < -0.39 is 0 Å². The summed E-state index contributed by atoms with van der Waals surface area (Å²) >= 11 is 0. The van der Waals surface area contributed by atoms with Crippen LogP contribution in [0.15, 0.2) is 188 Å². The first-order chi connectivity index (χ1) is 22.3. The second-order valence-corrected chi connectivity index (χ2v) is 11.4. The number of benzene rings is 8. The van der Waals surface area contributed by atoms with Crippen molar-refractivity contribution in [3.05, 3.63) is 188 Å². The topological polar surface area (TPSA) is 3.24 Å². The fourth-order valence-corrected chi connectivity index (χ4v) is 6.42. The molecule has 0 aromatic heterocycles. The fourth-order valence-electron chi connectivity index (χ4n) is 6.42. The first-order valence-electron chi connectivity index (χ1n) is 15.4. The van der Waals surface area contributed by atoms with Gasteiger partial charge < -0.3 is 4.90 Å². The van der Waals surface area contributed by atoms with E-state index in [9.17, 15) is 0 Å². The molecule has 0 heterocycles. The molecule has 0 aliphatic heterocycles. The Kier molecular flexibility index (Phi) is 6.90. The van der Waals surface area contributed by atoms with Gasteiger partial charge in [0.1, 0.15) is 0 Å². The Morgan fingerprint density at radius 2 is 0.733 bits per heavy atom. The number of rotatable bonds is 6. The first kappa shape index (κ1) is 26.7. The van der Waals surface area contributed by atoms with Crippen LogP contribution in [0.2, 0.25) is 0 Å². The number of nitrogens with zero attached hydrogens (tertiary/aromatic N) is 1. The summed E-state index contributed by atoms with van der Waals surface area (Å²) in [5.41, 5.74) is 10.7. The molecule has 212 valence electrons. The SMILES string of the molecule is c1ccc(-c2ccc(-c3ccc(N(c4ccccc4)c4cccc(-c5cc6ccccc6c6ccccc56)c4)cc3)cc2)cc1. The molecule has 45 heavy (non-hydrogen) atoms. The molecule has 0 N–H and O–H groups in total. The average Bonchev–Trinajstić information content (AvgIpc) is 3.13. The highest BCUT2D eigenvalue weighted by Crippen LogP contribution is 2.40. The third kappa shape index (κ3) is 5.15. The molecule has 0 unspecified atom stereocenters. The van der Waals surface area contributed by atoms with Gasteiger partial charge in [-0.05, 0) is 97.4 Å². The molecule has 0 aliphatic rings. The molecule has 1 heteroatoms. The quantitative estimate of drug-likeness (QED) is 0.179. The van der Waals surface area contributed by atoms with Crippen LogP contribution < -0.4 is 4.90 Å². The lowest BCUT2D eigenvalue weighted by Crippen LogP contribution is -2.09. The number of hydrogen-bond acceptors (Lipinski definition) is 1. The van der Waals surface area contributed by atoms with E-state index in [4.69, 9.17) is 0 Å². The molecule has 0 atom stereocenters. The molecule has 0 amide bonds. The van der Waals surface area contributed by atoms with Crippen LogP contribution in [0.4, 0.5) is 17.1 Å². The van der Waals surface area contributed by atoms with E-state index in [-0.39, 0.29) is 0 Å². The first-order valence-corrected chi connectivity index (χ1v) is 15.4. The van der Waals surface area contributed by atoms with Crippen molar-refractivity contribution in [3.8, 4) is 33.4 Å². The van der Waals surface area contributed by atoms with E-state index >= 15 is 0 Å². The third-order valence-corrected chi connectivity index (χ3v) is 8.65. The summed E-state index contributed by atoms with van der Waals surface area (Å²) in [6.07, 6.45) is 0. The van der Waals surface area contributed by atoms with E-state index in [1.54, 1.807) is 0 Å². The van der Waals surface area contributed by atoms with Gasteiger partial charge >= 0.3 is 0 Å². The van der Waals surface area contributed by atoms with Crippen LogP contribution in [0.25, 0.3) is 54.9 Å². The van der Waals surface area contributed by atoms with Gasteiger partial charge in [0.2, 0.25) is 0 Å². The van der Waals surface area contributed by atoms with Crippen LogP contribution in [-0.4, -0.2) is 0 Å². The van der Waals surface area contributed by atoms with Crippen LogP contribution in [0.3, 0.4) is 0 Å². The molecule has 8 aromatic rings. The molecule has 0 saturated heterocycles. The highest BCUT2D eigenvalue weighted by atomic mass is 15.1.